The number of carbonyl (C=O) groups is 1. The van der Waals surface area contributed by atoms with Gasteiger partial charge < -0.3 is 9.64 Å². The van der Waals surface area contributed by atoms with Crippen LogP contribution in [0, 0.1) is 6.92 Å². The smallest absolute Gasteiger partial charge is 0.260 e. The molecular weight excluding hydrogens is 316 g/mol. The number of likely N-dealkylation sites (tertiary alicyclic amines) is 1. The standard InChI is InChI=1S/C19H24N4O2/c1-13-2-6-16(7-3-13)25-12-17(24)23-10-8-15(9-11-23)19-20-18(21-22-19)14-4-5-14/h2-3,6-7,14-15H,4-5,8-12H2,1H3,(H,20,21,22). The number of carbonyl (C=O) groups excluding carboxylic acids is 1. The van der Waals surface area contributed by atoms with Crippen LogP contribution in [0.5, 0.6) is 5.75 Å². The third kappa shape index (κ3) is 3.83. The number of rotatable bonds is 5. The molecule has 6 nitrogen and oxygen atoms in total. The summed E-state index contributed by atoms with van der Waals surface area (Å²) in [5, 5.41) is 7.44. The van der Waals surface area contributed by atoms with Gasteiger partial charge in [-0.15, -0.1) is 0 Å². The summed E-state index contributed by atoms with van der Waals surface area (Å²) in [5.74, 6) is 3.70. The third-order valence-electron chi connectivity index (χ3n) is 5.08. The number of hydrogen-bond donors (Lipinski definition) is 1. The molecule has 0 bridgehead atoms. The lowest BCUT2D eigenvalue weighted by Crippen LogP contribution is -2.40. The molecule has 6 heteroatoms. The van der Waals surface area contributed by atoms with Gasteiger partial charge in [-0.25, -0.2) is 4.98 Å². The fraction of sp³-hybridized carbons (Fsp3) is 0.526. The van der Waals surface area contributed by atoms with E-state index in [1.54, 1.807) is 0 Å². The van der Waals surface area contributed by atoms with Crippen molar-refractivity contribution in [3.63, 3.8) is 0 Å². The maximum absolute atomic E-state index is 12.3. The van der Waals surface area contributed by atoms with E-state index in [4.69, 9.17) is 4.74 Å². The fourth-order valence-electron chi connectivity index (χ4n) is 3.27. The van der Waals surface area contributed by atoms with Gasteiger partial charge in [-0.05, 0) is 44.7 Å². The van der Waals surface area contributed by atoms with Gasteiger partial charge in [0.15, 0.2) is 12.4 Å². The van der Waals surface area contributed by atoms with Crippen molar-refractivity contribution >= 4 is 5.91 Å². The van der Waals surface area contributed by atoms with Crippen molar-refractivity contribution in [1.29, 1.82) is 0 Å². The molecule has 1 amide bonds. The summed E-state index contributed by atoms with van der Waals surface area (Å²) < 4.78 is 5.60. The fourth-order valence-corrected chi connectivity index (χ4v) is 3.27. The van der Waals surface area contributed by atoms with Crippen LogP contribution in [0.25, 0.3) is 0 Å². The summed E-state index contributed by atoms with van der Waals surface area (Å²) in [6.45, 7) is 3.63. The van der Waals surface area contributed by atoms with E-state index >= 15 is 0 Å². The van der Waals surface area contributed by atoms with Crippen molar-refractivity contribution in [2.24, 2.45) is 0 Å². The second-order valence-corrected chi connectivity index (χ2v) is 7.11. The molecule has 2 aromatic rings. The first-order valence-corrected chi connectivity index (χ1v) is 9.08. The van der Waals surface area contributed by atoms with Crippen molar-refractivity contribution in [2.45, 2.75) is 44.4 Å². The Bertz CT molecular complexity index is 728. The highest BCUT2D eigenvalue weighted by atomic mass is 16.5. The zero-order valence-corrected chi connectivity index (χ0v) is 14.6. The molecule has 1 saturated heterocycles. The van der Waals surface area contributed by atoms with Gasteiger partial charge in [-0.3, -0.25) is 9.89 Å². The van der Waals surface area contributed by atoms with Crippen LogP contribution in [-0.4, -0.2) is 45.7 Å². The van der Waals surface area contributed by atoms with Crippen LogP contribution >= 0.6 is 0 Å². The van der Waals surface area contributed by atoms with Crippen molar-refractivity contribution in [3.8, 4) is 5.75 Å². The maximum Gasteiger partial charge on any atom is 0.260 e. The topological polar surface area (TPSA) is 71.1 Å². The first-order valence-electron chi connectivity index (χ1n) is 9.08. The highest BCUT2D eigenvalue weighted by Gasteiger charge is 2.30. The van der Waals surface area contributed by atoms with Gasteiger partial charge in [0.1, 0.15) is 11.6 Å². The number of piperidine rings is 1. The number of aromatic amines is 1. The average Bonchev–Trinajstić information content (AvgIpc) is 3.38. The van der Waals surface area contributed by atoms with Crippen molar-refractivity contribution < 1.29 is 9.53 Å². The first-order chi connectivity index (χ1) is 12.2. The predicted molar refractivity (Wildman–Crippen MR) is 93.6 cm³/mol. The van der Waals surface area contributed by atoms with E-state index in [1.165, 1.54) is 18.4 Å². The van der Waals surface area contributed by atoms with Crippen LogP contribution in [0.2, 0.25) is 0 Å². The molecule has 2 aliphatic rings. The second kappa shape index (κ2) is 6.86. The van der Waals surface area contributed by atoms with Crippen molar-refractivity contribution in [1.82, 2.24) is 20.1 Å². The van der Waals surface area contributed by atoms with E-state index in [0.717, 1.165) is 43.3 Å². The molecule has 0 unspecified atom stereocenters. The molecule has 25 heavy (non-hydrogen) atoms. The molecule has 132 valence electrons. The number of aromatic nitrogens is 3. The lowest BCUT2D eigenvalue weighted by atomic mass is 9.96. The summed E-state index contributed by atoms with van der Waals surface area (Å²) in [7, 11) is 0. The number of nitrogens with zero attached hydrogens (tertiary/aromatic N) is 3. The zero-order chi connectivity index (χ0) is 17.2. The molecule has 2 fully saturated rings. The Kier molecular flexibility index (Phi) is 4.42. The highest BCUT2D eigenvalue weighted by Crippen LogP contribution is 2.38. The van der Waals surface area contributed by atoms with E-state index in [0.29, 0.717) is 11.8 Å². The Hall–Kier alpha value is -2.37. The molecule has 1 aliphatic heterocycles. The number of aryl methyl sites for hydroxylation is 1. The van der Waals surface area contributed by atoms with Crippen molar-refractivity contribution in [3.05, 3.63) is 41.5 Å². The minimum Gasteiger partial charge on any atom is -0.484 e. The zero-order valence-electron chi connectivity index (χ0n) is 14.6. The lowest BCUT2D eigenvalue weighted by molar-refractivity contribution is -0.134. The molecule has 1 saturated carbocycles. The van der Waals surface area contributed by atoms with Crippen LogP contribution in [-0.2, 0) is 4.79 Å². The van der Waals surface area contributed by atoms with E-state index < -0.39 is 0 Å². The van der Waals surface area contributed by atoms with Crippen LogP contribution < -0.4 is 4.74 Å². The molecular formula is C19H24N4O2. The van der Waals surface area contributed by atoms with Crippen LogP contribution in [0.15, 0.2) is 24.3 Å². The normalized spacial score (nSPS) is 18.4. The summed E-state index contributed by atoms with van der Waals surface area (Å²) in [6, 6.07) is 7.77. The Morgan fingerprint density at radius 3 is 2.56 bits per heavy atom. The molecule has 2 heterocycles. The Morgan fingerprint density at radius 1 is 1.16 bits per heavy atom. The van der Waals surface area contributed by atoms with E-state index in [9.17, 15) is 4.79 Å². The molecule has 1 aromatic carbocycles. The lowest BCUT2D eigenvalue weighted by Gasteiger charge is -2.30. The van der Waals surface area contributed by atoms with Gasteiger partial charge in [-0.1, -0.05) is 17.7 Å². The minimum absolute atomic E-state index is 0.0512. The number of H-pyrrole nitrogens is 1. The number of amides is 1. The Balaban J connectivity index is 1.25. The molecule has 0 spiro atoms. The molecule has 0 atom stereocenters. The molecule has 0 radical (unpaired) electrons. The Labute approximate surface area is 147 Å². The highest BCUT2D eigenvalue weighted by molar-refractivity contribution is 5.77. The molecule has 4 rings (SSSR count). The second-order valence-electron chi connectivity index (χ2n) is 7.11. The van der Waals surface area contributed by atoms with E-state index in [1.807, 2.05) is 36.1 Å². The van der Waals surface area contributed by atoms with Gasteiger partial charge in [0.25, 0.3) is 5.91 Å². The molecule has 1 N–H and O–H groups in total. The van der Waals surface area contributed by atoms with Crippen LogP contribution in [0.4, 0.5) is 0 Å². The first kappa shape index (κ1) is 16.1. The maximum atomic E-state index is 12.3. The predicted octanol–water partition coefficient (Wildman–Crippen LogP) is 2.78. The number of ether oxygens (including phenoxy) is 1. The van der Waals surface area contributed by atoms with Gasteiger partial charge in [-0.2, -0.15) is 5.10 Å². The van der Waals surface area contributed by atoms with Gasteiger partial charge in [0, 0.05) is 24.9 Å². The third-order valence-corrected chi connectivity index (χ3v) is 5.08. The average molecular weight is 340 g/mol. The van der Waals surface area contributed by atoms with Crippen LogP contribution in [0.1, 0.15) is 54.7 Å². The monoisotopic (exact) mass is 340 g/mol. The summed E-state index contributed by atoms with van der Waals surface area (Å²) in [6.07, 6.45) is 4.28. The van der Waals surface area contributed by atoms with E-state index in [2.05, 4.69) is 15.2 Å². The molecule has 1 aliphatic carbocycles. The SMILES string of the molecule is Cc1ccc(OCC(=O)N2CCC(c3nc(C4CC4)n[nH]3)CC2)cc1. The quantitative estimate of drug-likeness (QED) is 0.908. The molecule has 1 aromatic heterocycles. The van der Waals surface area contributed by atoms with Crippen LogP contribution in [0.3, 0.4) is 0 Å². The summed E-state index contributed by atoms with van der Waals surface area (Å²) in [5.41, 5.74) is 1.18. The number of benzene rings is 1. The minimum atomic E-state index is 0.0512. The summed E-state index contributed by atoms with van der Waals surface area (Å²) in [4.78, 5) is 18.9. The van der Waals surface area contributed by atoms with Gasteiger partial charge in [0.05, 0.1) is 0 Å². The van der Waals surface area contributed by atoms with E-state index in [-0.39, 0.29) is 12.5 Å². The Morgan fingerprint density at radius 2 is 1.88 bits per heavy atom. The van der Waals surface area contributed by atoms with Gasteiger partial charge in [0.2, 0.25) is 0 Å². The number of nitrogens with one attached hydrogen (secondary N) is 1. The van der Waals surface area contributed by atoms with Gasteiger partial charge >= 0.3 is 0 Å². The van der Waals surface area contributed by atoms with Crippen molar-refractivity contribution in [2.75, 3.05) is 19.7 Å². The summed E-state index contributed by atoms with van der Waals surface area (Å²) >= 11 is 0. The largest absolute Gasteiger partial charge is 0.484 e. The number of hydrogen-bond acceptors (Lipinski definition) is 4.